The monoisotopic (exact) mass is 396 g/mol. The second kappa shape index (κ2) is 16.2. The van der Waals surface area contributed by atoms with Crippen molar-refractivity contribution in [1.29, 1.82) is 0 Å². The minimum Gasteiger partial charge on any atom is -0.481 e. The summed E-state index contributed by atoms with van der Waals surface area (Å²) in [4.78, 5) is 22.5. The molecule has 0 bridgehead atoms. The Morgan fingerprint density at radius 2 is 1.64 bits per heavy atom. The summed E-state index contributed by atoms with van der Waals surface area (Å²) in [6, 6.07) is 0. The molecule has 0 rings (SSSR count). The highest BCUT2D eigenvalue weighted by molar-refractivity contribution is 5.66. The Labute approximate surface area is 171 Å². The van der Waals surface area contributed by atoms with Gasteiger partial charge < -0.3 is 14.6 Å². The fourth-order valence-corrected chi connectivity index (χ4v) is 2.62. The lowest BCUT2D eigenvalue weighted by Crippen LogP contribution is -2.27. The van der Waals surface area contributed by atoms with Crippen LogP contribution in [0.25, 0.3) is 0 Å². The summed E-state index contributed by atoms with van der Waals surface area (Å²) >= 11 is 0. The molecule has 5 heteroatoms. The summed E-state index contributed by atoms with van der Waals surface area (Å²) in [5, 5.41) is 8.64. The number of hydrogen-bond donors (Lipinski definition) is 1. The molecule has 0 saturated heterocycles. The lowest BCUT2D eigenvalue weighted by Gasteiger charge is -2.21. The maximum absolute atomic E-state index is 12.0. The number of allylic oxidation sites excluding steroid dienone is 3. The smallest absolute Gasteiger partial charge is 0.481 e. The molecule has 0 aliphatic heterocycles. The van der Waals surface area contributed by atoms with E-state index in [0.29, 0.717) is 0 Å². The fraction of sp³-hybridized carbons (Fsp3) is 0.739. The zero-order valence-corrected chi connectivity index (χ0v) is 18.2. The number of unbranched alkanes of at least 4 members (excludes halogenated alkanes) is 7. The molecule has 28 heavy (non-hydrogen) atoms. The number of ether oxygens (including phenoxy) is 2. The quantitative estimate of drug-likeness (QED) is 0.187. The molecule has 1 N–H and O–H groups in total. The molecule has 0 heterocycles. The first-order chi connectivity index (χ1) is 13.2. The summed E-state index contributed by atoms with van der Waals surface area (Å²) in [6.45, 7) is 7.63. The van der Waals surface area contributed by atoms with Crippen LogP contribution in [-0.2, 0) is 14.3 Å². The van der Waals surface area contributed by atoms with E-state index in [-0.39, 0.29) is 12.5 Å². The highest BCUT2D eigenvalue weighted by atomic mass is 16.7. The van der Waals surface area contributed by atoms with Crippen LogP contribution in [0.2, 0.25) is 0 Å². The Hall–Kier alpha value is -1.78. The topological polar surface area (TPSA) is 72.8 Å². The lowest BCUT2D eigenvalue weighted by atomic mass is 10.1. The zero-order valence-electron chi connectivity index (χ0n) is 18.2. The largest absolute Gasteiger partial charge is 0.509 e. The number of carbonyl (C=O) groups is 2. The van der Waals surface area contributed by atoms with Crippen LogP contribution in [-0.4, -0.2) is 28.9 Å². The number of carboxylic acid groups (broad SMARTS) is 1. The van der Waals surface area contributed by atoms with Crippen molar-refractivity contribution < 1.29 is 24.2 Å². The normalized spacial score (nSPS) is 13.1. The maximum atomic E-state index is 12.0. The van der Waals surface area contributed by atoms with Crippen LogP contribution in [0.4, 0.5) is 4.79 Å². The van der Waals surface area contributed by atoms with E-state index in [4.69, 9.17) is 14.6 Å². The number of carbonyl (C=O) groups excluding carboxylic acids is 1. The molecule has 0 aliphatic rings. The molecule has 0 spiro atoms. The van der Waals surface area contributed by atoms with Gasteiger partial charge in [0.1, 0.15) is 11.7 Å². The number of aliphatic carboxylic acids is 1. The molecule has 0 aromatic rings. The Bertz CT molecular complexity index is 474. The van der Waals surface area contributed by atoms with Gasteiger partial charge in [-0.15, -0.1) is 0 Å². The first kappa shape index (κ1) is 26.2. The molecular weight excluding hydrogens is 356 g/mol. The molecule has 0 saturated carbocycles. The SMILES string of the molecule is CCCCC/C=C/C=C/C(CCCCCCCC(=O)O)OC(=O)OC(C)(C)C. The highest BCUT2D eigenvalue weighted by Gasteiger charge is 2.20. The average molecular weight is 397 g/mol. The van der Waals surface area contributed by atoms with Crippen LogP contribution in [0, 0.1) is 0 Å². The average Bonchev–Trinajstić information content (AvgIpc) is 2.57. The van der Waals surface area contributed by atoms with E-state index in [9.17, 15) is 9.59 Å². The van der Waals surface area contributed by atoms with Gasteiger partial charge in [-0.3, -0.25) is 4.79 Å². The van der Waals surface area contributed by atoms with Crippen molar-refractivity contribution in [2.45, 2.75) is 110 Å². The van der Waals surface area contributed by atoms with E-state index in [0.717, 1.165) is 44.9 Å². The predicted molar refractivity (Wildman–Crippen MR) is 113 cm³/mol. The third kappa shape index (κ3) is 19.0. The summed E-state index contributed by atoms with van der Waals surface area (Å²) in [6.07, 6.45) is 17.3. The van der Waals surface area contributed by atoms with Gasteiger partial charge in [0.2, 0.25) is 0 Å². The molecular formula is C23H40O5. The van der Waals surface area contributed by atoms with Crippen LogP contribution >= 0.6 is 0 Å². The summed E-state index contributed by atoms with van der Waals surface area (Å²) in [5.74, 6) is -0.737. The van der Waals surface area contributed by atoms with E-state index < -0.39 is 17.7 Å². The number of hydrogen-bond acceptors (Lipinski definition) is 4. The van der Waals surface area contributed by atoms with Crippen molar-refractivity contribution in [3.8, 4) is 0 Å². The number of rotatable bonds is 15. The van der Waals surface area contributed by atoms with Crippen LogP contribution < -0.4 is 0 Å². The van der Waals surface area contributed by atoms with E-state index in [2.05, 4.69) is 13.0 Å². The third-order valence-corrected chi connectivity index (χ3v) is 4.06. The predicted octanol–water partition coefficient (Wildman–Crippen LogP) is 6.81. The van der Waals surface area contributed by atoms with Crippen molar-refractivity contribution in [2.24, 2.45) is 0 Å². The second-order valence-electron chi connectivity index (χ2n) is 8.13. The molecule has 0 aromatic heterocycles. The van der Waals surface area contributed by atoms with Crippen LogP contribution in [0.5, 0.6) is 0 Å². The zero-order chi connectivity index (χ0) is 21.3. The lowest BCUT2D eigenvalue weighted by molar-refractivity contribution is -0.137. The minimum absolute atomic E-state index is 0.234. The molecule has 0 amide bonds. The first-order valence-corrected chi connectivity index (χ1v) is 10.7. The van der Waals surface area contributed by atoms with Crippen LogP contribution in [0.15, 0.2) is 24.3 Å². The highest BCUT2D eigenvalue weighted by Crippen LogP contribution is 2.15. The molecule has 0 aromatic carbocycles. The Morgan fingerprint density at radius 3 is 2.29 bits per heavy atom. The van der Waals surface area contributed by atoms with Crippen molar-refractivity contribution in [2.75, 3.05) is 0 Å². The molecule has 5 nitrogen and oxygen atoms in total. The minimum atomic E-state index is -0.737. The van der Waals surface area contributed by atoms with Gasteiger partial charge in [-0.05, 0) is 59.0 Å². The van der Waals surface area contributed by atoms with Gasteiger partial charge in [0, 0.05) is 6.42 Å². The van der Waals surface area contributed by atoms with Gasteiger partial charge in [-0.2, -0.15) is 0 Å². The molecule has 0 fully saturated rings. The molecule has 162 valence electrons. The summed E-state index contributed by atoms with van der Waals surface area (Å²) in [5.41, 5.74) is -0.575. The molecule has 1 atom stereocenters. The van der Waals surface area contributed by atoms with Crippen molar-refractivity contribution in [3.63, 3.8) is 0 Å². The first-order valence-electron chi connectivity index (χ1n) is 10.7. The van der Waals surface area contributed by atoms with Crippen LogP contribution in [0.1, 0.15) is 98.3 Å². The Balaban J connectivity index is 4.35. The number of carboxylic acids is 1. The van der Waals surface area contributed by atoms with Gasteiger partial charge in [0.15, 0.2) is 0 Å². The van der Waals surface area contributed by atoms with Gasteiger partial charge >= 0.3 is 12.1 Å². The Morgan fingerprint density at radius 1 is 0.964 bits per heavy atom. The van der Waals surface area contributed by atoms with Gasteiger partial charge in [-0.1, -0.05) is 57.3 Å². The maximum Gasteiger partial charge on any atom is 0.509 e. The molecule has 0 radical (unpaired) electrons. The fourth-order valence-electron chi connectivity index (χ4n) is 2.62. The van der Waals surface area contributed by atoms with E-state index in [1.54, 1.807) is 0 Å². The van der Waals surface area contributed by atoms with Gasteiger partial charge in [0.05, 0.1) is 0 Å². The van der Waals surface area contributed by atoms with Crippen LogP contribution in [0.3, 0.4) is 0 Å². The summed E-state index contributed by atoms with van der Waals surface area (Å²) < 4.78 is 10.7. The standard InChI is InChI=1S/C23H40O5/c1-5-6-7-8-9-11-14-17-20(27-22(26)28-23(2,3)4)18-15-12-10-13-16-19-21(24)25/h9,11,14,17,20H,5-8,10,12-13,15-16,18-19H2,1-4H3,(H,24,25)/b11-9+,17-14+. The van der Waals surface area contributed by atoms with E-state index in [1.807, 2.05) is 39.0 Å². The van der Waals surface area contributed by atoms with Gasteiger partial charge in [0.25, 0.3) is 0 Å². The molecule has 1 unspecified atom stereocenters. The summed E-state index contributed by atoms with van der Waals surface area (Å²) in [7, 11) is 0. The van der Waals surface area contributed by atoms with Crippen molar-refractivity contribution in [1.82, 2.24) is 0 Å². The van der Waals surface area contributed by atoms with Gasteiger partial charge in [-0.25, -0.2) is 4.79 Å². The molecule has 0 aliphatic carbocycles. The second-order valence-corrected chi connectivity index (χ2v) is 8.13. The Kier molecular flexibility index (Phi) is 15.2. The van der Waals surface area contributed by atoms with Crippen molar-refractivity contribution >= 4 is 12.1 Å². The van der Waals surface area contributed by atoms with Crippen molar-refractivity contribution in [3.05, 3.63) is 24.3 Å². The third-order valence-electron chi connectivity index (χ3n) is 4.06. The van der Waals surface area contributed by atoms with E-state index >= 15 is 0 Å². The van der Waals surface area contributed by atoms with E-state index in [1.165, 1.54) is 19.3 Å².